The van der Waals surface area contributed by atoms with E-state index in [1.165, 1.54) is 0 Å². The number of ether oxygens (including phenoxy) is 14. The molecule has 0 N–H and O–H groups in total. The Morgan fingerprint density at radius 3 is 1.58 bits per heavy atom. The number of carbonyl (C=O) groups is 14. The van der Waals surface area contributed by atoms with Crippen molar-refractivity contribution < 1.29 is 133 Å². The number of halogens is 7. The zero-order chi connectivity index (χ0) is 77.3. The smallest absolute Gasteiger partial charge is 0.316 e. The minimum Gasteiger partial charge on any atom is -0.458 e. The number of hydrogen-bond donors (Lipinski definition) is 0. The van der Waals surface area contributed by atoms with Gasteiger partial charge in [0.1, 0.15) is 122 Å². The van der Waals surface area contributed by atoms with Crippen LogP contribution >= 0.6 is 112 Å². The SMILES string of the molecule is CC12CC(CCC1OC(=O)CBr)C(=O)O2.CC12CC3C(=O)OC(C3C1)C2OC(=O)CBr.CC12CC3CC1C(OC2=O)C3OC(=O)CBr.CC12OC(=O)C3CC(CC31)C2OC(=O)CBr.CC1CC2CC(OC2=O)C1OC(=O)CBr.O=C(CBr)OC1C2CC3C(=O)OC1C3C2.O=C(CBr)OC1CCC2CC1OC2=O. The molecular formula is C72H87Br7O28. The number of rotatable bonds is 14. The van der Waals surface area contributed by atoms with Crippen molar-refractivity contribution in [1.29, 1.82) is 0 Å². The molecular weight excluding hydrogens is 1870 g/mol. The van der Waals surface area contributed by atoms with Crippen molar-refractivity contribution in [3.63, 3.8) is 0 Å². The van der Waals surface area contributed by atoms with Crippen molar-refractivity contribution in [2.45, 2.75) is 222 Å². The largest absolute Gasteiger partial charge is 0.458 e. The fourth-order valence-corrected chi connectivity index (χ4v) is 21.9. The van der Waals surface area contributed by atoms with Crippen LogP contribution in [0.4, 0.5) is 0 Å². The predicted octanol–water partition coefficient (Wildman–Crippen LogP) is 8.36. The number of hydrogen-bond acceptors (Lipinski definition) is 28. The lowest BCUT2D eigenvalue weighted by Crippen LogP contribution is -2.46. The predicted molar refractivity (Wildman–Crippen MR) is 389 cm³/mol. The van der Waals surface area contributed by atoms with Gasteiger partial charge in [-0.2, -0.15) is 0 Å². The van der Waals surface area contributed by atoms with Gasteiger partial charge in [-0.15, -0.1) is 0 Å². The van der Waals surface area contributed by atoms with E-state index >= 15 is 0 Å². The van der Waals surface area contributed by atoms with E-state index in [4.69, 9.17) is 66.3 Å². The van der Waals surface area contributed by atoms with Crippen molar-refractivity contribution in [3.05, 3.63) is 0 Å². The van der Waals surface area contributed by atoms with E-state index in [9.17, 15) is 67.1 Å². The monoisotopic (exact) mass is 1950 g/mol. The molecule has 11 aliphatic carbocycles. The summed E-state index contributed by atoms with van der Waals surface area (Å²) >= 11 is 21.4. The summed E-state index contributed by atoms with van der Waals surface area (Å²) < 4.78 is 74.2. The summed E-state index contributed by atoms with van der Waals surface area (Å²) in [5, 5.41) is 1.32. The summed E-state index contributed by atoms with van der Waals surface area (Å²) in [6, 6.07) is 0. The molecule has 0 aromatic heterocycles. The van der Waals surface area contributed by atoms with Crippen LogP contribution in [0.3, 0.4) is 0 Å². The molecule has 28 nitrogen and oxygen atoms in total. The highest BCUT2D eigenvalue weighted by Gasteiger charge is 2.72. The topological polar surface area (TPSA) is 368 Å². The number of esters is 14. The molecule has 7 aliphatic heterocycles. The molecule has 592 valence electrons. The first-order valence-corrected chi connectivity index (χ1v) is 44.4. The maximum absolute atomic E-state index is 11.7. The standard InChI is InChI=1S/3C11H13BrO4.C10H11BrO4.2C10H13BrO4.C9H11BrO4/c1-11-2-5-6(3-11)10(14)16-8(5)9(11)15-7(13)4-12;1-11-3-5-2-6(11)9(16-10(11)14)8(5)15-7(13)4-12;1-11-7-3-5(2-6(7)10(14)16-11)9(11)15-8(13)4-12;11-3-7(12)14-8-4-1-5-6(2-4)10(13)15-9(5)8;1-5-2-6-3-7(14-10(6)13)9(5)15-8(12)4-11;1-10-4-6(9(13)15-10)2-3-7(10)14-8(12)5-11;10-4-8(11)13-6-2-1-5-3-7(6)14-9(5)12/h2*5-6,8-9H,2-4H2,1H3;5-7,9H,2-4H2,1H3;4-6,8-9H,1-3H2;5-7,9H,2-4H2,1H3;6-7H,2-5H2,1H3;5-7H,1-4H2. The third kappa shape index (κ3) is 16.3. The fraction of sp³-hybridized carbons (Fsp3) is 0.806. The van der Waals surface area contributed by atoms with E-state index in [0.717, 1.165) is 77.0 Å². The third-order valence-electron chi connectivity index (χ3n) is 25.6. The molecule has 0 radical (unpaired) electrons. The Labute approximate surface area is 676 Å². The fourth-order valence-electron chi connectivity index (χ4n) is 21.0. The number of alkyl halides is 7. The van der Waals surface area contributed by atoms with Crippen molar-refractivity contribution in [2.24, 2.45) is 93.7 Å². The molecule has 18 aliphatic rings. The molecule has 0 aromatic rings. The molecule has 11 saturated carbocycles. The van der Waals surface area contributed by atoms with E-state index in [1.54, 1.807) is 0 Å². The molecule has 18 rings (SSSR count). The molecule has 18 fully saturated rings. The lowest BCUT2D eigenvalue weighted by Gasteiger charge is -2.34. The highest BCUT2D eigenvalue weighted by molar-refractivity contribution is 9.10. The van der Waals surface area contributed by atoms with Crippen molar-refractivity contribution in [2.75, 3.05) is 37.3 Å². The first-order valence-electron chi connectivity index (χ1n) is 36.5. The minimum absolute atomic E-state index is 0.00826. The summed E-state index contributed by atoms with van der Waals surface area (Å²) in [4.78, 5) is 159. The Morgan fingerprint density at radius 2 is 0.925 bits per heavy atom. The lowest BCUT2D eigenvalue weighted by atomic mass is 9.75. The Hall–Kier alpha value is -4.06. The van der Waals surface area contributed by atoms with Gasteiger partial charge in [-0.05, 0) is 110 Å². The molecule has 30 atom stereocenters. The van der Waals surface area contributed by atoms with E-state index in [1.807, 2.05) is 27.7 Å². The van der Waals surface area contributed by atoms with Gasteiger partial charge in [0, 0.05) is 66.1 Å². The van der Waals surface area contributed by atoms with E-state index < -0.39 is 11.2 Å². The molecule has 7 heterocycles. The summed E-state index contributed by atoms with van der Waals surface area (Å²) in [6.45, 7) is 9.81. The minimum atomic E-state index is -0.599. The summed E-state index contributed by atoms with van der Waals surface area (Å²) in [6.07, 6.45) is 10.2. The van der Waals surface area contributed by atoms with Gasteiger partial charge in [0.2, 0.25) is 0 Å². The van der Waals surface area contributed by atoms with E-state index in [2.05, 4.69) is 118 Å². The molecule has 14 bridgehead atoms. The zero-order valence-corrected chi connectivity index (χ0v) is 70.5. The van der Waals surface area contributed by atoms with Crippen LogP contribution in [0.5, 0.6) is 0 Å². The molecule has 30 unspecified atom stereocenters. The second-order valence-corrected chi connectivity index (χ2v) is 36.2. The average molecular weight is 1960 g/mol. The average Bonchev–Trinajstić information content (AvgIpc) is 1.55. The maximum atomic E-state index is 11.7. The highest BCUT2D eigenvalue weighted by atomic mass is 79.9. The van der Waals surface area contributed by atoms with Crippen molar-refractivity contribution in [1.82, 2.24) is 0 Å². The number of carbonyl (C=O) groups excluding carboxylic acids is 14. The van der Waals surface area contributed by atoms with Crippen LogP contribution in [0.25, 0.3) is 0 Å². The maximum Gasteiger partial charge on any atom is 0.316 e. The lowest BCUT2D eigenvalue weighted by molar-refractivity contribution is -0.172. The Kier molecular flexibility index (Phi) is 25.5. The van der Waals surface area contributed by atoms with E-state index in [-0.39, 0.29) is 264 Å². The third-order valence-corrected chi connectivity index (χ3v) is 28.8. The molecule has 0 spiro atoms. The second kappa shape index (κ2) is 33.2. The molecule has 107 heavy (non-hydrogen) atoms. The van der Waals surface area contributed by atoms with Crippen LogP contribution in [-0.4, -0.2) is 205 Å². The Balaban J connectivity index is 0.000000117. The first-order chi connectivity index (χ1) is 50.7. The van der Waals surface area contributed by atoms with E-state index in [0.29, 0.717) is 49.4 Å². The summed E-state index contributed by atoms with van der Waals surface area (Å²) in [5.74, 6) is -0.372. The van der Waals surface area contributed by atoms with Gasteiger partial charge in [-0.3, -0.25) is 67.1 Å². The van der Waals surface area contributed by atoms with Crippen LogP contribution in [-0.2, 0) is 133 Å². The van der Waals surface area contributed by atoms with Crippen LogP contribution in [0.2, 0.25) is 0 Å². The molecule has 0 aromatic carbocycles. The van der Waals surface area contributed by atoms with Crippen LogP contribution in [0.1, 0.15) is 137 Å². The van der Waals surface area contributed by atoms with Gasteiger partial charge in [0.15, 0.2) is 0 Å². The van der Waals surface area contributed by atoms with Gasteiger partial charge in [-0.25, -0.2) is 0 Å². The van der Waals surface area contributed by atoms with Crippen LogP contribution < -0.4 is 0 Å². The molecule has 0 amide bonds. The van der Waals surface area contributed by atoms with Crippen molar-refractivity contribution in [3.8, 4) is 0 Å². The first kappa shape index (κ1) is 82.4. The van der Waals surface area contributed by atoms with Gasteiger partial charge < -0.3 is 66.3 Å². The van der Waals surface area contributed by atoms with Gasteiger partial charge in [0.25, 0.3) is 0 Å². The summed E-state index contributed by atoms with van der Waals surface area (Å²) in [7, 11) is 0. The van der Waals surface area contributed by atoms with Crippen molar-refractivity contribution >= 4 is 195 Å². The van der Waals surface area contributed by atoms with Gasteiger partial charge >= 0.3 is 83.6 Å². The molecule has 7 saturated heterocycles. The Morgan fingerprint density at radius 1 is 0.393 bits per heavy atom. The Bertz CT molecular complexity index is 3490. The quantitative estimate of drug-likeness (QED) is 0.0895. The zero-order valence-electron chi connectivity index (χ0n) is 59.4. The van der Waals surface area contributed by atoms with Crippen LogP contribution in [0.15, 0.2) is 0 Å². The van der Waals surface area contributed by atoms with Gasteiger partial charge in [-0.1, -0.05) is 125 Å². The number of fused-ring (bicyclic) bond motifs is 10. The van der Waals surface area contributed by atoms with Crippen LogP contribution in [0, 0.1) is 93.7 Å². The van der Waals surface area contributed by atoms with Gasteiger partial charge in [0.05, 0.1) is 40.9 Å². The molecule has 35 heteroatoms. The second-order valence-electron chi connectivity index (χ2n) is 32.2. The highest BCUT2D eigenvalue weighted by Crippen LogP contribution is 2.65. The summed E-state index contributed by atoms with van der Waals surface area (Å²) in [5.41, 5.74) is -1.54. The normalized spacial score (nSPS) is 43.5.